The van der Waals surface area contributed by atoms with E-state index < -0.39 is 0 Å². The second kappa shape index (κ2) is 8.52. The molecular weight excluding hydrogens is 318 g/mol. The highest BCUT2D eigenvalue weighted by Crippen LogP contribution is 2.35. The van der Waals surface area contributed by atoms with Gasteiger partial charge in [-0.3, -0.25) is 0 Å². The van der Waals surface area contributed by atoms with Crippen molar-refractivity contribution < 1.29 is 14.3 Å². The Kier molecular flexibility index (Phi) is 6.13. The lowest BCUT2D eigenvalue weighted by atomic mass is 9.86. The van der Waals surface area contributed by atoms with Crippen molar-refractivity contribution in [1.29, 1.82) is 0 Å². The van der Waals surface area contributed by atoms with Crippen LogP contribution in [0.15, 0.2) is 18.3 Å². The second-order valence-electron chi connectivity index (χ2n) is 7.21. The number of anilines is 1. The molecule has 138 valence electrons. The predicted molar refractivity (Wildman–Crippen MR) is 96.9 cm³/mol. The van der Waals surface area contributed by atoms with Gasteiger partial charge in [-0.1, -0.05) is 6.92 Å². The van der Waals surface area contributed by atoms with Crippen molar-refractivity contribution in [3.63, 3.8) is 0 Å². The summed E-state index contributed by atoms with van der Waals surface area (Å²) >= 11 is 0. The molecule has 0 radical (unpaired) electrons. The minimum atomic E-state index is 0.0110. The topological polar surface area (TPSA) is 63.7 Å². The first-order valence-corrected chi connectivity index (χ1v) is 9.34. The molecule has 2 saturated carbocycles. The number of rotatable bonds is 7. The van der Waals surface area contributed by atoms with Crippen molar-refractivity contribution >= 4 is 11.7 Å². The fourth-order valence-corrected chi connectivity index (χ4v) is 3.46. The molecule has 0 saturated heterocycles. The van der Waals surface area contributed by atoms with Gasteiger partial charge < -0.3 is 19.7 Å². The van der Waals surface area contributed by atoms with Crippen molar-refractivity contribution in [3.8, 4) is 5.88 Å². The Hall–Kier alpha value is -1.82. The number of amides is 2. The first kappa shape index (κ1) is 18.0. The van der Waals surface area contributed by atoms with Crippen LogP contribution in [-0.4, -0.2) is 48.3 Å². The number of aromatic nitrogens is 1. The van der Waals surface area contributed by atoms with Crippen LogP contribution in [0.25, 0.3) is 0 Å². The molecule has 3 rings (SSSR count). The number of pyridine rings is 1. The number of urea groups is 1. The second-order valence-corrected chi connectivity index (χ2v) is 7.21. The Morgan fingerprint density at radius 3 is 2.40 bits per heavy atom. The Bertz CT molecular complexity index is 552. The number of nitrogens with zero attached hydrogens (tertiary/aromatic N) is 2. The van der Waals surface area contributed by atoms with Crippen LogP contribution >= 0.6 is 0 Å². The number of hydrogen-bond acceptors (Lipinski definition) is 4. The Labute approximate surface area is 149 Å². The van der Waals surface area contributed by atoms with Crippen molar-refractivity contribution in [3.05, 3.63) is 18.3 Å². The highest BCUT2D eigenvalue weighted by molar-refractivity contribution is 5.89. The monoisotopic (exact) mass is 347 g/mol. The van der Waals surface area contributed by atoms with Crippen LogP contribution in [0.4, 0.5) is 10.5 Å². The number of carbonyl (C=O) groups is 1. The lowest BCUT2D eigenvalue weighted by Crippen LogP contribution is -2.45. The number of nitrogens with one attached hydrogen (secondary N) is 1. The minimum Gasteiger partial charge on any atom is -0.475 e. The standard InChI is InChI=1S/C19H29N3O3/c1-14-3-6-16(7-4-14)22(17-8-9-17)19(23)21-15-5-10-18(20-13-15)25-12-11-24-2/h5,10,13-14,16-17H,3-4,6-9,11-12H2,1-2H3,(H,21,23). The van der Waals surface area contributed by atoms with E-state index in [2.05, 4.69) is 22.1 Å². The van der Waals surface area contributed by atoms with Crippen molar-refractivity contribution in [2.24, 2.45) is 5.92 Å². The summed E-state index contributed by atoms with van der Waals surface area (Å²) < 4.78 is 10.4. The fourth-order valence-electron chi connectivity index (χ4n) is 3.46. The van der Waals surface area contributed by atoms with E-state index in [0.29, 0.717) is 36.9 Å². The van der Waals surface area contributed by atoms with Crippen molar-refractivity contribution in [2.75, 3.05) is 25.6 Å². The Balaban J connectivity index is 1.56. The van der Waals surface area contributed by atoms with Crippen LogP contribution < -0.4 is 10.1 Å². The van der Waals surface area contributed by atoms with Crippen molar-refractivity contribution in [1.82, 2.24) is 9.88 Å². The van der Waals surface area contributed by atoms with Crippen LogP contribution in [-0.2, 0) is 4.74 Å². The van der Waals surface area contributed by atoms with Crippen LogP contribution in [0.3, 0.4) is 0 Å². The first-order valence-electron chi connectivity index (χ1n) is 9.34. The molecule has 0 aromatic carbocycles. The van der Waals surface area contributed by atoms with E-state index in [4.69, 9.17) is 9.47 Å². The average Bonchev–Trinajstić information content (AvgIpc) is 3.43. The maximum absolute atomic E-state index is 12.8. The third kappa shape index (κ3) is 5.08. The van der Waals surface area contributed by atoms with Gasteiger partial charge in [-0.05, 0) is 50.5 Å². The molecule has 2 aliphatic carbocycles. The van der Waals surface area contributed by atoms with Crippen molar-refractivity contribution in [2.45, 2.75) is 57.5 Å². The molecule has 25 heavy (non-hydrogen) atoms. The van der Waals surface area contributed by atoms with Crippen LogP contribution in [0.2, 0.25) is 0 Å². The maximum atomic E-state index is 12.8. The van der Waals surface area contributed by atoms with Gasteiger partial charge in [0, 0.05) is 25.3 Å². The third-order valence-electron chi connectivity index (χ3n) is 5.08. The molecule has 2 amide bonds. The van der Waals surface area contributed by atoms with E-state index in [1.165, 1.54) is 12.8 Å². The smallest absolute Gasteiger partial charge is 0.322 e. The molecule has 6 heteroatoms. The largest absolute Gasteiger partial charge is 0.475 e. The highest BCUT2D eigenvalue weighted by atomic mass is 16.5. The molecule has 0 unspecified atom stereocenters. The molecule has 1 aromatic rings. The fraction of sp³-hybridized carbons (Fsp3) is 0.684. The van der Waals surface area contributed by atoms with Gasteiger partial charge >= 0.3 is 6.03 Å². The van der Waals surface area contributed by atoms with Crippen LogP contribution in [0.1, 0.15) is 45.4 Å². The minimum absolute atomic E-state index is 0.0110. The summed E-state index contributed by atoms with van der Waals surface area (Å²) in [7, 11) is 1.63. The molecule has 6 nitrogen and oxygen atoms in total. The van der Waals surface area contributed by atoms with Gasteiger partial charge in [0.05, 0.1) is 18.5 Å². The van der Waals surface area contributed by atoms with Gasteiger partial charge in [0.1, 0.15) is 6.61 Å². The Morgan fingerprint density at radius 1 is 1.16 bits per heavy atom. The van der Waals surface area contributed by atoms with Gasteiger partial charge in [0.15, 0.2) is 0 Å². The van der Waals surface area contributed by atoms with Crippen LogP contribution in [0, 0.1) is 5.92 Å². The molecule has 1 N–H and O–H groups in total. The molecule has 1 aromatic heterocycles. The summed E-state index contributed by atoms with van der Waals surface area (Å²) in [5.74, 6) is 1.32. The molecule has 0 aliphatic heterocycles. The van der Waals surface area contributed by atoms with E-state index in [1.807, 2.05) is 6.07 Å². The van der Waals surface area contributed by atoms with E-state index >= 15 is 0 Å². The maximum Gasteiger partial charge on any atom is 0.322 e. The third-order valence-corrected chi connectivity index (χ3v) is 5.08. The summed E-state index contributed by atoms with van der Waals surface area (Å²) in [6.45, 7) is 3.29. The summed E-state index contributed by atoms with van der Waals surface area (Å²) in [4.78, 5) is 19.1. The van der Waals surface area contributed by atoms with E-state index in [1.54, 1.807) is 19.4 Å². The molecule has 2 fully saturated rings. The summed E-state index contributed by atoms with van der Waals surface area (Å²) in [6.07, 6.45) is 8.58. The molecule has 2 aliphatic rings. The number of carbonyl (C=O) groups excluding carboxylic acids is 1. The van der Waals surface area contributed by atoms with E-state index in [-0.39, 0.29) is 6.03 Å². The zero-order chi connectivity index (χ0) is 17.6. The van der Waals surface area contributed by atoms with E-state index in [0.717, 1.165) is 31.6 Å². The average molecular weight is 347 g/mol. The zero-order valence-corrected chi connectivity index (χ0v) is 15.2. The van der Waals surface area contributed by atoms with Crippen LogP contribution in [0.5, 0.6) is 5.88 Å². The number of ether oxygens (including phenoxy) is 2. The Morgan fingerprint density at radius 2 is 1.84 bits per heavy atom. The van der Waals surface area contributed by atoms with Gasteiger partial charge in [-0.25, -0.2) is 9.78 Å². The molecule has 0 spiro atoms. The highest BCUT2D eigenvalue weighted by Gasteiger charge is 2.38. The van der Waals surface area contributed by atoms with Gasteiger partial charge in [0.25, 0.3) is 0 Å². The van der Waals surface area contributed by atoms with Gasteiger partial charge in [-0.15, -0.1) is 0 Å². The summed E-state index contributed by atoms with van der Waals surface area (Å²) in [5.41, 5.74) is 0.707. The van der Waals surface area contributed by atoms with Gasteiger partial charge in [0.2, 0.25) is 5.88 Å². The number of hydrogen-bond donors (Lipinski definition) is 1. The summed E-state index contributed by atoms with van der Waals surface area (Å²) in [6, 6.07) is 4.42. The molecule has 0 bridgehead atoms. The zero-order valence-electron chi connectivity index (χ0n) is 15.2. The lowest BCUT2D eigenvalue weighted by molar-refractivity contribution is 0.143. The quantitative estimate of drug-likeness (QED) is 0.764. The van der Waals surface area contributed by atoms with Gasteiger partial charge in [-0.2, -0.15) is 0 Å². The first-order chi connectivity index (χ1) is 12.2. The molecule has 1 heterocycles. The summed E-state index contributed by atoms with van der Waals surface area (Å²) in [5, 5.41) is 3.01. The predicted octanol–water partition coefficient (Wildman–Crippen LogP) is 3.68. The SMILES string of the molecule is COCCOc1ccc(NC(=O)N(C2CCC(C)CC2)C2CC2)cn1. The molecule has 0 atom stereocenters. The lowest BCUT2D eigenvalue weighted by Gasteiger charge is -2.36. The number of methoxy groups -OCH3 is 1. The van der Waals surface area contributed by atoms with E-state index in [9.17, 15) is 4.79 Å². The normalized spacial score (nSPS) is 23.1. The molecular formula is C19H29N3O3.